The van der Waals surface area contributed by atoms with Crippen LogP contribution in [0.2, 0.25) is 0 Å². The molecule has 0 aliphatic carbocycles. The van der Waals surface area contributed by atoms with Crippen LogP contribution in [0.15, 0.2) is 28.7 Å². The lowest BCUT2D eigenvalue weighted by Gasteiger charge is -2.02. The summed E-state index contributed by atoms with van der Waals surface area (Å²) in [6.45, 7) is 2.37. The molecule has 7 heteroatoms. The van der Waals surface area contributed by atoms with Crippen molar-refractivity contribution in [2.75, 3.05) is 6.61 Å². The standard InChI is InChI=1S/C13H11NO6/c1-2-19-8-5-3-7(4-6-8)11-14-9(12(15)16)10(20-11)13(17)18/h3-6H,2H2,1H3,(H,15,16)(H,17,18). The van der Waals surface area contributed by atoms with Crippen molar-refractivity contribution in [3.8, 4) is 17.2 Å². The van der Waals surface area contributed by atoms with Gasteiger partial charge in [0.25, 0.3) is 0 Å². The summed E-state index contributed by atoms with van der Waals surface area (Å²) in [6, 6.07) is 6.52. The number of aromatic nitrogens is 1. The average Bonchev–Trinajstić information content (AvgIpc) is 2.85. The number of hydrogen-bond acceptors (Lipinski definition) is 5. The van der Waals surface area contributed by atoms with Gasteiger partial charge < -0.3 is 19.4 Å². The molecule has 1 aromatic heterocycles. The Morgan fingerprint density at radius 2 is 1.85 bits per heavy atom. The third-order valence-corrected chi connectivity index (χ3v) is 2.44. The SMILES string of the molecule is CCOc1ccc(-c2nc(C(=O)O)c(C(=O)O)o2)cc1. The topological polar surface area (TPSA) is 110 Å². The van der Waals surface area contributed by atoms with Crippen molar-refractivity contribution in [1.82, 2.24) is 4.98 Å². The highest BCUT2D eigenvalue weighted by atomic mass is 16.5. The Hall–Kier alpha value is -2.83. The first-order valence-corrected chi connectivity index (χ1v) is 5.73. The summed E-state index contributed by atoms with van der Waals surface area (Å²) in [4.78, 5) is 25.5. The van der Waals surface area contributed by atoms with E-state index < -0.39 is 23.4 Å². The maximum atomic E-state index is 10.9. The summed E-state index contributed by atoms with van der Waals surface area (Å²) in [6.07, 6.45) is 0. The van der Waals surface area contributed by atoms with E-state index in [1.54, 1.807) is 24.3 Å². The molecule has 2 N–H and O–H groups in total. The van der Waals surface area contributed by atoms with E-state index >= 15 is 0 Å². The summed E-state index contributed by atoms with van der Waals surface area (Å²) >= 11 is 0. The summed E-state index contributed by atoms with van der Waals surface area (Å²) in [5.74, 6) is -3.06. The first-order chi connectivity index (χ1) is 9.52. The van der Waals surface area contributed by atoms with Gasteiger partial charge in [-0.2, -0.15) is 0 Å². The Kier molecular flexibility index (Phi) is 3.69. The number of benzene rings is 1. The number of carboxylic acid groups (broad SMARTS) is 2. The van der Waals surface area contributed by atoms with Gasteiger partial charge in [-0.25, -0.2) is 14.6 Å². The molecule has 7 nitrogen and oxygen atoms in total. The van der Waals surface area contributed by atoms with Gasteiger partial charge in [-0.15, -0.1) is 0 Å². The van der Waals surface area contributed by atoms with Gasteiger partial charge in [0, 0.05) is 5.56 Å². The number of hydrogen-bond donors (Lipinski definition) is 2. The van der Waals surface area contributed by atoms with Crippen molar-refractivity contribution < 1.29 is 29.0 Å². The lowest BCUT2D eigenvalue weighted by molar-refractivity contribution is 0.0624. The third kappa shape index (κ3) is 2.61. The van der Waals surface area contributed by atoms with Crippen LogP contribution in [0, 0.1) is 0 Å². The Labute approximate surface area is 113 Å². The van der Waals surface area contributed by atoms with Gasteiger partial charge in [0.1, 0.15) is 5.75 Å². The van der Waals surface area contributed by atoms with Crippen molar-refractivity contribution in [3.63, 3.8) is 0 Å². The van der Waals surface area contributed by atoms with Crippen LogP contribution in [0.3, 0.4) is 0 Å². The van der Waals surface area contributed by atoms with Gasteiger partial charge in [0.15, 0.2) is 0 Å². The quantitative estimate of drug-likeness (QED) is 0.861. The minimum atomic E-state index is -1.48. The third-order valence-electron chi connectivity index (χ3n) is 2.44. The van der Waals surface area contributed by atoms with E-state index in [4.69, 9.17) is 19.4 Å². The minimum Gasteiger partial charge on any atom is -0.494 e. The monoisotopic (exact) mass is 277 g/mol. The zero-order valence-electron chi connectivity index (χ0n) is 10.5. The van der Waals surface area contributed by atoms with Crippen LogP contribution in [0.25, 0.3) is 11.5 Å². The molecule has 104 valence electrons. The first kappa shape index (κ1) is 13.6. The van der Waals surface area contributed by atoms with Gasteiger partial charge in [0.2, 0.25) is 17.3 Å². The van der Waals surface area contributed by atoms with E-state index in [0.29, 0.717) is 17.9 Å². The summed E-state index contributed by atoms with van der Waals surface area (Å²) in [5, 5.41) is 17.8. The second-order valence-electron chi connectivity index (χ2n) is 3.76. The first-order valence-electron chi connectivity index (χ1n) is 5.73. The molecule has 0 amide bonds. The Morgan fingerprint density at radius 3 is 2.30 bits per heavy atom. The van der Waals surface area contributed by atoms with Crippen LogP contribution >= 0.6 is 0 Å². The van der Waals surface area contributed by atoms with Crippen LogP contribution in [0.1, 0.15) is 28.0 Å². The minimum absolute atomic E-state index is 0.0668. The predicted molar refractivity (Wildman–Crippen MR) is 67.0 cm³/mol. The van der Waals surface area contributed by atoms with Crippen molar-refractivity contribution in [2.45, 2.75) is 6.92 Å². The Bertz CT molecular complexity index is 612. The molecule has 2 rings (SSSR count). The second kappa shape index (κ2) is 5.43. The molecule has 1 aromatic carbocycles. The maximum absolute atomic E-state index is 10.9. The normalized spacial score (nSPS) is 10.2. The van der Waals surface area contributed by atoms with Crippen LogP contribution in [0.5, 0.6) is 5.75 Å². The van der Waals surface area contributed by atoms with Gasteiger partial charge >= 0.3 is 11.9 Å². The lowest BCUT2D eigenvalue weighted by Crippen LogP contribution is -2.05. The number of aromatic carboxylic acids is 2. The van der Waals surface area contributed by atoms with Crippen LogP contribution in [-0.4, -0.2) is 33.7 Å². The fourth-order valence-electron chi connectivity index (χ4n) is 1.59. The number of ether oxygens (including phenoxy) is 1. The van der Waals surface area contributed by atoms with Crippen molar-refractivity contribution in [3.05, 3.63) is 35.7 Å². The van der Waals surface area contributed by atoms with E-state index in [-0.39, 0.29) is 5.89 Å². The van der Waals surface area contributed by atoms with Gasteiger partial charge in [-0.1, -0.05) is 0 Å². The highest BCUT2D eigenvalue weighted by molar-refractivity contribution is 5.98. The molecule has 0 saturated heterocycles. The molecule has 0 aliphatic heterocycles. The Morgan fingerprint density at radius 1 is 1.20 bits per heavy atom. The summed E-state index contributed by atoms with van der Waals surface area (Å²) in [7, 11) is 0. The van der Waals surface area contributed by atoms with E-state index in [9.17, 15) is 9.59 Å². The molecule has 1 heterocycles. The van der Waals surface area contributed by atoms with Crippen LogP contribution in [0.4, 0.5) is 0 Å². The lowest BCUT2D eigenvalue weighted by atomic mass is 10.2. The van der Waals surface area contributed by atoms with Crippen LogP contribution < -0.4 is 4.74 Å². The molecule has 0 spiro atoms. The molecule has 0 atom stereocenters. The van der Waals surface area contributed by atoms with E-state index in [1.807, 2.05) is 6.92 Å². The number of oxazole rings is 1. The highest BCUT2D eigenvalue weighted by Crippen LogP contribution is 2.24. The van der Waals surface area contributed by atoms with Crippen molar-refractivity contribution in [2.24, 2.45) is 0 Å². The zero-order valence-corrected chi connectivity index (χ0v) is 10.5. The summed E-state index contributed by atoms with van der Waals surface area (Å²) < 4.78 is 10.3. The fourth-order valence-corrected chi connectivity index (χ4v) is 1.59. The number of nitrogens with zero attached hydrogens (tertiary/aromatic N) is 1. The molecule has 20 heavy (non-hydrogen) atoms. The van der Waals surface area contributed by atoms with E-state index in [1.165, 1.54) is 0 Å². The van der Waals surface area contributed by atoms with Gasteiger partial charge in [0.05, 0.1) is 6.61 Å². The van der Waals surface area contributed by atoms with Gasteiger partial charge in [-0.05, 0) is 31.2 Å². The molecular formula is C13H11NO6. The fraction of sp³-hybridized carbons (Fsp3) is 0.154. The Balaban J connectivity index is 2.40. The molecular weight excluding hydrogens is 266 g/mol. The van der Waals surface area contributed by atoms with Gasteiger partial charge in [-0.3, -0.25) is 0 Å². The zero-order chi connectivity index (χ0) is 14.7. The van der Waals surface area contributed by atoms with Crippen molar-refractivity contribution >= 4 is 11.9 Å². The molecule has 0 radical (unpaired) electrons. The van der Waals surface area contributed by atoms with Crippen LogP contribution in [-0.2, 0) is 0 Å². The van der Waals surface area contributed by atoms with E-state index in [0.717, 1.165) is 0 Å². The molecule has 0 fully saturated rings. The molecule has 0 unspecified atom stereocenters. The average molecular weight is 277 g/mol. The number of rotatable bonds is 5. The van der Waals surface area contributed by atoms with E-state index in [2.05, 4.69) is 4.98 Å². The second-order valence-corrected chi connectivity index (χ2v) is 3.76. The number of carbonyl (C=O) groups is 2. The largest absolute Gasteiger partial charge is 0.494 e. The van der Waals surface area contributed by atoms with Crippen molar-refractivity contribution in [1.29, 1.82) is 0 Å². The summed E-state index contributed by atoms with van der Waals surface area (Å²) in [5.41, 5.74) is -0.162. The smallest absolute Gasteiger partial charge is 0.374 e. The number of carboxylic acids is 2. The predicted octanol–water partition coefficient (Wildman–Crippen LogP) is 2.14. The molecule has 0 saturated carbocycles. The maximum Gasteiger partial charge on any atom is 0.374 e. The molecule has 0 bridgehead atoms. The molecule has 0 aliphatic rings. The molecule has 2 aromatic rings. The highest BCUT2D eigenvalue weighted by Gasteiger charge is 2.25.